The van der Waals surface area contributed by atoms with Crippen molar-refractivity contribution < 1.29 is 26.7 Å². The van der Waals surface area contributed by atoms with Crippen LogP contribution in [-0.2, 0) is 12.5 Å². The monoisotopic (exact) mass is 460 g/mol. The molecule has 6 nitrogen and oxygen atoms in total. The molecule has 3 rings (SSSR count). The second-order valence-electron chi connectivity index (χ2n) is 7.00. The smallest absolute Gasteiger partial charge is 0.456 e. The van der Waals surface area contributed by atoms with Gasteiger partial charge in [0.25, 0.3) is 5.56 Å². The number of ether oxygens (including phenoxy) is 1. The summed E-state index contributed by atoms with van der Waals surface area (Å²) < 4.78 is 68.5. The number of hydrogen-bond acceptors (Lipinski definition) is 6. The zero-order valence-corrected chi connectivity index (χ0v) is 17.3. The molecule has 12 heteroatoms. The van der Waals surface area contributed by atoms with E-state index in [1.54, 1.807) is 0 Å². The number of hydrogen-bond donors (Lipinski definition) is 0. The van der Waals surface area contributed by atoms with Gasteiger partial charge >= 0.3 is 12.1 Å². The van der Waals surface area contributed by atoms with E-state index in [4.69, 9.17) is 0 Å². The normalized spacial score (nSPS) is 15.4. The van der Waals surface area contributed by atoms with E-state index in [0.717, 1.165) is 29.2 Å². The molecule has 1 aliphatic rings. The van der Waals surface area contributed by atoms with Gasteiger partial charge < -0.3 is 4.74 Å². The van der Waals surface area contributed by atoms with Gasteiger partial charge in [0.1, 0.15) is 5.69 Å². The number of thioether (sulfide) groups is 1. The Morgan fingerprint density at radius 1 is 1.26 bits per heavy atom. The number of pyridine rings is 1. The molecule has 1 aliphatic carbocycles. The number of rotatable bonds is 7. The van der Waals surface area contributed by atoms with Crippen LogP contribution in [0.3, 0.4) is 0 Å². The number of halogens is 5. The molecule has 0 atom stereocenters. The van der Waals surface area contributed by atoms with Crippen LogP contribution in [0.4, 0.5) is 22.0 Å². The van der Waals surface area contributed by atoms with E-state index in [1.807, 2.05) is 13.0 Å². The van der Waals surface area contributed by atoms with Gasteiger partial charge in [0, 0.05) is 18.1 Å². The van der Waals surface area contributed by atoms with Gasteiger partial charge in [-0.25, -0.2) is 4.98 Å². The maximum Gasteiger partial charge on any atom is 0.456 e. The predicted molar refractivity (Wildman–Crippen MR) is 102 cm³/mol. The quantitative estimate of drug-likeness (QED) is 0.458. The van der Waals surface area contributed by atoms with E-state index in [1.165, 1.54) is 25.0 Å². The van der Waals surface area contributed by atoms with Crippen molar-refractivity contribution in [3.8, 4) is 23.3 Å². The van der Waals surface area contributed by atoms with Gasteiger partial charge in [-0.2, -0.15) is 27.2 Å². The molecule has 31 heavy (non-hydrogen) atoms. The van der Waals surface area contributed by atoms with Gasteiger partial charge in [-0.1, -0.05) is 6.92 Å². The Morgan fingerprint density at radius 2 is 1.94 bits per heavy atom. The molecule has 0 unspecified atom stereocenters. The molecular weight excluding hydrogens is 443 g/mol. The molecule has 0 amide bonds. The highest BCUT2D eigenvalue weighted by Crippen LogP contribution is 2.48. The summed E-state index contributed by atoms with van der Waals surface area (Å²) in [5.41, 5.74) is -0.405. The molecule has 1 saturated carbocycles. The third-order valence-electron chi connectivity index (χ3n) is 4.84. The lowest BCUT2D eigenvalue weighted by atomic mass is 9.99. The summed E-state index contributed by atoms with van der Waals surface area (Å²) in [7, 11) is 1.28. The Balaban J connectivity index is 1.95. The molecule has 2 heterocycles. The van der Waals surface area contributed by atoms with Gasteiger partial charge in [-0.15, -0.1) is 11.8 Å². The molecule has 166 valence electrons. The average molecular weight is 460 g/mol. The van der Waals surface area contributed by atoms with Gasteiger partial charge in [-0.05, 0) is 30.2 Å². The first-order chi connectivity index (χ1) is 14.5. The van der Waals surface area contributed by atoms with Gasteiger partial charge in [0.2, 0.25) is 5.75 Å². The van der Waals surface area contributed by atoms with E-state index in [0.29, 0.717) is 16.3 Å². The lowest BCUT2D eigenvalue weighted by Gasteiger charge is -2.20. The zero-order valence-electron chi connectivity index (χ0n) is 16.5. The van der Waals surface area contributed by atoms with Crippen molar-refractivity contribution in [1.82, 2.24) is 14.5 Å². The maximum absolute atomic E-state index is 13.1. The topological polar surface area (TPSA) is 80.8 Å². The molecule has 0 aromatic carbocycles. The van der Waals surface area contributed by atoms with E-state index in [2.05, 4.69) is 20.8 Å². The van der Waals surface area contributed by atoms with Gasteiger partial charge in [0.15, 0.2) is 12.4 Å². The first-order valence-electron chi connectivity index (χ1n) is 9.14. The minimum absolute atomic E-state index is 0.0873. The highest BCUT2D eigenvalue weighted by Gasteiger charge is 2.58. The number of nitriles is 1. The van der Waals surface area contributed by atoms with Crippen LogP contribution in [0, 0.1) is 11.3 Å². The SMILES string of the molecule is CCSc1cc(C2(C#N)CC2)cnc1-c1ncc(OCC(F)(F)C(F)(F)F)c(=O)n1C. The number of alkyl halides is 5. The summed E-state index contributed by atoms with van der Waals surface area (Å²) >= 11 is 1.42. The summed E-state index contributed by atoms with van der Waals surface area (Å²) in [6.45, 7) is -0.130. The lowest BCUT2D eigenvalue weighted by Crippen LogP contribution is -2.42. The second kappa shape index (κ2) is 8.11. The molecule has 0 radical (unpaired) electrons. The van der Waals surface area contributed by atoms with Crippen molar-refractivity contribution in [2.45, 2.75) is 42.2 Å². The summed E-state index contributed by atoms with van der Waals surface area (Å²) in [5, 5.41) is 9.41. The fourth-order valence-corrected chi connectivity index (χ4v) is 3.62. The Kier molecular flexibility index (Phi) is 6.01. The van der Waals surface area contributed by atoms with Crippen LogP contribution in [0.1, 0.15) is 25.3 Å². The van der Waals surface area contributed by atoms with Crippen molar-refractivity contribution >= 4 is 11.8 Å². The van der Waals surface area contributed by atoms with Crippen molar-refractivity contribution in [3.05, 3.63) is 34.4 Å². The zero-order chi connectivity index (χ0) is 23.0. The average Bonchev–Trinajstić information content (AvgIpc) is 3.50. The molecule has 0 spiro atoms. The fourth-order valence-electron chi connectivity index (χ4n) is 2.82. The molecular formula is C19H17F5N4O2S. The van der Waals surface area contributed by atoms with E-state index in [9.17, 15) is 32.0 Å². The van der Waals surface area contributed by atoms with Gasteiger partial charge in [-0.3, -0.25) is 14.3 Å². The minimum atomic E-state index is -5.80. The molecule has 0 N–H and O–H groups in total. The maximum atomic E-state index is 13.1. The van der Waals surface area contributed by atoms with E-state index < -0.39 is 35.4 Å². The van der Waals surface area contributed by atoms with Gasteiger partial charge in [0.05, 0.1) is 17.7 Å². The summed E-state index contributed by atoms with van der Waals surface area (Å²) in [6, 6.07) is 4.10. The van der Waals surface area contributed by atoms with Crippen LogP contribution in [0.25, 0.3) is 11.5 Å². The summed E-state index contributed by atoms with van der Waals surface area (Å²) in [4.78, 5) is 21.5. The van der Waals surface area contributed by atoms with Crippen LogP contribution < -0.4 is 10.3 Å². The Morgan fingerprint density at radius 3 is 2.48 bits per heavy atom. The van der Waals surface area contributed by atoms with Crippen molar-refractivity contribution in [3.63, 3.8) is 0 Å². The largest absolute Gasteiger partial charge is 0.480 e. The first kappa shape index (κ1) is 23.0. The highest BCUT2D eigenvalue weighted by atomic mass is 32.2. The van der Waals surface area contributed by atoms with Crippen LogP contribution in [-0.4, -0.2) is 39.0 Å². The first-order valence-corrected chi connectivity index (χ1v) is 10.1. The van der Waals surface area contributed by atoms with E-state index >= 15 is 0 Å². The standard InChI is InChI=1S/C19H17F5N4O2S/c1-3-31-13-6-11(17(9-25)4-5-17)7-26-14(13)15-27-8-12(16(29)28(15)2)30-10-18(20,21)19(22,23)24/h6-8H,3-5,10H2,1-2H3. The Bertz CT molecular complexity index is 1090. The fraction of sp³-hybridized carbons (Fsp3) is 0.474. The third-order valence-corrected chi connectivity index (χ3v) is 5.75. The molecule has 2 aromatic rings. The van der Waals surface area contributed by atoms with Crippen molar-refractivity contribution in [2.24, 2.45) is 7.05 Å². The number of nitrogens with zero attached hydrogens (tertiary/aromatic N) is 4. The molecule has 0 aliphatic heterocycles. The van der Waals surface area contributed by atoms with Crippen LogP contribution in [0.15, 0.2) is 28.2 Å². The van der Waals surface area contributed by atoms with Crippen LogP contribution >= 0.6 is 11.8 Å². The Hall–Kier alpha value is -2.68. The molecule has 0 bridgehead atoms. The molecule has 1 fully saturated rings. The predicted octanol–water partition coefficient (Wildman–Crippen LogP) is 4.09. The van der Waals surface area contributed by atoms with Crippen molar-refractivity contribution in [1.29, 1.82) is 5.26 Å². The number of aromatic nitrogens is 3. The van der Waals surface area contributed by atoms with Crippen LogP contribution in [0.5, 0.6) is 5.75 Å². The van der Waals surface area contributed by atoms with Crippen molar-refractivity contribution in [2.75, 3.05) is 12.4 Å². The second-order valence-corrected chi connectivity index (χ2v) is 8.30. The highest BCUT2D eigenvalue weighted by molar-refractivity contribution is 7.99. The third kappa shape index (κ3) is 4.37. The Labute approximate surface area is 178 Å². The van der Waals surface area contributed by atoms with Crippen LogP contribution in [0.2, 0.25) is 0 Å². The molecule has 2 aromatic heterocycles. The van der Waals surface area contributed by atoms with E-state index in [-0.39, 0.29) is 5.82 Å². The summed E-state index contributed by atoms with van der Waals surface area (Å²) in [5.74, 6) is -5.10. The summed E-state index contributed by atoms with van der Waals surface area (Å²) in [6.07, 6.45) is -2.01. The molecule has 0 saturated heterocycles. The lowest BCUT2D eigenvalue weighted by molar-refractivity contribution is -0.290. The minimum Gasteiger partial charge on any atom is -0.480 e.